The zero-order valence-electron chi connectivity index (χ0n) is 27.1. The molecule has 4 aromatic carbocycles. The second-order valence-corrected chi connectivity index (χ2v) is 14.5. The molecule has 0 unspecified atom stereocenters. The van der Waals surface area contributed by atoms with E-state index in [1.54, 1.807) is 42.5 Å². The first-order valence-electron chi connectivity index (χ1n) is 15.7. The van der Waals surface area contributed by atoms with E-state index in [9.17, 15) is 18.0 Å². The van der Waals surface area contributed by atoms with Gasteiger partial charge in [0.25, 0.3) is 10.0 Å². The molecule has 0 aliphatic heterocycles. The van der Waals surface area contributed by atoms with Gasteiger partial charge >= 0.3 is 0 Å². The third-order valence-electron chi connectivity index (χ3n) is 7.95. The summed E-state index contributed by atoms with van der Waals surface area (Å²) >= 11 is 13.2. The first-order valence-corrected chi connectivity index (χ1v) is 17.8. The van der Waals surface area contributed by atoms with E-state index in [1.807, 2.05) is 70.2 Å². The van der Waals surface area contributed by atoms with Crippen molar-refractivity contribution >= 4 is 50.7 Å². The maximum Gasteiger partial charge on any atom is 0.264 e. The molecular weight excluding hydrogens is 653 g/mol. The van der Waals surface area contributed by atoms with Crippen molar-refractivity contribution in [3.63, 3.8) is 0 Å². The van der Waals surface area contributed by atoms with Crippen LogP contribution in [-0.2, 0) is 32.6 Å². The number of carbonyl (C=O) groups is 2. The SMILES string of the molecule is CCCNC(=O)[C@@H](Cc1ccccc1)N(Cc1c(Cl)cccc1Cl)C(=O)CN(c1ccc(C(C)C)cc1)S(=O)(=O)c1ccc(C)cc1. The molecule has 0 radical (unpaired) electrons. The highest BCUT2D eigenvalue weighted by Crippen LogP contribution is 2.30. The van der Waals surface area contributed by atoms with Crippen LogP contribution in [0.3, 0.4) is 0 Å². The summed E-state index contributed by atoms with van der Waals surface area (Å²) in [5.41, 5.74) is 3.55. The van der Waals surface area contributed by atoms with Crippen LogP contribution in [-0.4, -0.2) is 44.3 Å². The molecule has 7 nitrogen and oxygen atoms in total. The predicted molar refractivity (Wildman–Crippen MR) is 190 cm³/mol. The van der Waals surface area contributed by atoms with Crippen molar-refractivity contribution in [2.45, 2.75) is 63.9 Å². The van der Waals surface area contributed by atoms with Crippen LogP contribution in [0.25, 0.3) is 0 Å². The fourth-order valence-electron chi connectivity index (χ4n) is 5.17. The maximum absolute atomic E-state index is 14.6. The zero-order chi connectivity index (χ0) is 34.1. The topological polar surface area (TPSA) is 86.8 Å². The number of halogens is 2. The van der Waals surface area contributed by atoms with E-state index in [2.05, 4.69) is 5.32 Å². The highest BCUT2D eigenvalue weighted by molar-refractivity contribution is 7.92. The number of carbonyl (C=O) groups excluding carboxylic acids is 2. The van der Waals surface area contributed by atoms with E-state index in [4.69, 9.17) is 23.2 Å². The lowest BCUT2D eigenvalue weighted by molar-refractivity contribution is -0.140. The third-order valence-corrected chi connectivity index (χ3v) is 10.4. The molecule has 2 amide bonds. The van der Waals surface area contributed by atoms with Gasteiger partial charge in [-0.25, -0.2) is 8.42 Å². The van der Waals surface area contributed by atoms with Crippen LogP contribution in [0.15, 0.2) is 102 Å². The minimum Gasteiger partial charge on any atom is -0.354 e. The fourth-order valence-corrected chi connectivity index (χ4v) is 7.10. The van der Waals surface area contributed by atoms with E-state index in [-0.39, 0.29) is 29.7 Å². The molecule has 0 spiro atoms. The normalized spacial score (nSPS) is 12.1. The van der Waals surface area contributed by atoms with Gasteiger partial charge in [-0.3, -0.25) is 13.9 Å². The molecular formula is C37H41Cl2N3O4S. The number of benzene rings is 4. The van der Waals surface area contributed by atoms with Gasteiger partial charge in [-0.15, -0.1) is 0 Å². The molecule has 0 heterocycles. The summed E-state index contributed by atoms with van der Waals surface area (Å²) < 4.78 is 29.6. The van der Waals surface area contributed by atoms with Crippen LogP contribution >= 0.6 is 23.2 Å². The van der Waals surface area contributed by atoms with Gasteiger partial charge in [-0.1, -0.05) is 110 Å². The highest BCUT2D eigenvalue weighted by atomic mass is 35.5. The fraction of sp³-hybridized carbons (Fsp3) is 0.297. The number of amides is 2. The van der Waals surface area contributed by atoms with Gasteiger partial charge < -0.3 is 10.2 Å². The summed E-state index contributed by atoms with van der Waals surface area (Å²) in [6.45, 7) is 7.65. The first-order chi connectivity index (χ1) is 22.4. The highest BCUT2D eigenvalue weighted by Gasteiger charge is 2.35. The van der Waals surface area contributed by atoms with Crippen LogP contribution < -0.4 is 9.62 Å². The van der Waals surface area contributed by atoms with E-state index in [0.29, 0.717) is 34.3 Å². The Kier molecular flexibility index (Phi) is 12.5. The van der Waals surface area contributed by atoms with Gasteiger partial charge in [-0.2, -0.15) is 0 Å². The molecule has 4 aromatic rings. The van der Waals surface area contributed by atoms with Crippen molar-refractivity contribution in [2.75, 3.05) is 17.4 Å². The minimum absolute atomic E-state index is 0.0473. The summed E-state index contributed by atoms with van der Waals surface area (Å²) in [5, 5.41) is 3.60. The summed E-state index contributed by atoms with van der Waals surface area (Å²) in [4.78, 5) is 29.9. The van der Waals surface area contributed by atoms with Crippen molar-refractivity contribution in [3.05, 3.63) is 129 Å². The Hall–Kier alpha value is -3.85. The maximum atomic E-state index is 14.6. The quantitative estimate of drug-likeness (QED) is 0.146. The Labute approximate surface area is 288 Å². The van der Waals surface area contributed by atoms with Crippen molar-refractivity contribution in [1.29, 1.82) is 0 Å². The number of rotatable bonds is 14. The number of sulfonamides is 1. The molecule has 47 heavy (non-hydrogen) atoms. The van der Waals surface area contributed by atoms with Crippen molar-refractivity contribution in [2.24, 2.45) is 0 Å². The Morgan fingerprint density at radius 2 is 1.45 bits per heavy atom. The molecule has 0 aliphatic rings. The molecule has 248 valence electrons. The van der Waals surface area contributed by atoms with Gasteiger partial charge in [0.2, 0.25) is 11.8 Å². The number of hydrogen-bond acceptors (Lipinski definition) is 4. The molecule has 10 heteroatoms. The molecule has 0 fully saturated rings. The number of hydrogen-bond donors (Lipinski definition) is 1. The molecule has 0 saturated heterocycles. The minimum atomic E-state index is -4.21. The van der Waals surface area contributed by atoms with Gasteiger partial charge in [-0.05, 0) is 66.8 Å². The van der Waals surface area contributed by atoms with Gasteiger partial charge in [0.1, 0.15) is 12.6 Å². The summed E-state index contributed by atoms with van der Waals surface area (Å²) in [6.07, 6.45) is 0.890. The summed E-state index contributed by atoms with van der Waals surface area (Å²) in [7, 11) is -4.21. The van der Waals surface area contributed by atoms with Gasteiger partial charge in [0.05, 0.1) is 10.6 Å². The van der Waals surface area contributed by atoms with Crippen molar-refractivity contribution < 1.29 is 18.0 Å². The largest absolute Gasteiger partial charge is 0.354 e. The molecule has 0 aliphatic carbocycles. The second kappa shape index (κ2) is 16.3. The Morgan fingerprint density at radius 3 is 2.02 bits per heavy atom. The first kappa shape index (κ1) is 36.0. The Morgan fingerprint density at radius 1 is 0.830 bits per heavy atom. The average molecular weight is 695 g/mol. The van der Waals surface area contributed by atoms with Gasteiger partial charge in [0, 0.05) is 35.1 Å². The van der Waals surface area contributed by atoms with Crippen LogP contribution in [0.1, 0.15) is 55.4 Å². The third kappa shape index (κ3) is 9.15. The van der Waals surface area contributed by atoms with E-state index >= 15 is 0 Å². The molecule has 4 rings (SSSR count). The smallest absolute Gasteiger partial charge is 0.264 e. The molecule has 1 N–H and O–H groups in total. The van der Waals surface area contributed by atoms with Crippen LogP contribution in [0.2, 0.25) is 10.0 Å². The lowest BCUT2D eigenvalue weighted by Gasteiger charge is -2.34. The second-order valence-electron chi connectivity index (χ2n) is 11.8. The lowest BCUT2D eigenvalue weighted by atomic mass is 10.0. The predicted octanol–water partition coefficient (Wildman–Crippen LogP) is 7.79. The number of nitrogens with one attached hydrogen (secondary N) is 1. The van der Waals surface area contributed by atoms with Crippen molar-refractivity contribution in [1.82, 2.24) is 10.2 Å². The standard InChI is InChI=1S/C37H41Cl2N3O4S/c1-5-22-40-37(44)35(23-28-10-7-6-8-11-28)41(24-32-33(38)12-9-13-34(32)39)36(43)25-42(30-18-16-29(17-19-30)26(2)3)47(45,46)31-20-14-27(4)15-21-31/h6-21,26,35H,5,22-25H2,1-4H3,(H,40,44)/t35-/m1/s1. The number of aryl methyl sites for hydroxylation is 1. The zero-order valence-corrected chi connectivity index (χ0v) is 29.4. The van der Waals surface area contributed by atoms with Crippen molar-refractivity contribution in [3.8, 4) is 0 Å². The lowest BCUT2D eigenvalue weighted by Crippen LogP contribution is -2.53. The molecule has 1 atom stereocenters. The average Bonchev–Trinajstić information content (AvgIpc) is 3.05. The van der Waals surface area contributed by atoms with Gasteiger partial charge in [0.15, 0.2) is 0 Å². The Bertz CT molecular complexity index is 1740. The van der Waals surface area contributed by atoms with E-state index < -0.39 is 28.5 Å². The monoisotopic (exact) mass is 693 g/mol. The van der Waals surface area contributed by atoms with E-state index in [0.717, 1.165) is 21.0 Å². The van der Waals surface area contributed by atoms with Crippen LogP contribution in [0, 0.1) is 6.92 Å². The number of anilines is 1. The Balaban J connectivity index is 1.84. The van der Waals surface area contributed by atoms with Crippen LogP contribution in [0.4, 0.5) is 5.69 Å². The van der Waals surface area contributed by atoms with Crippen LogP contribution in [0.5, 0.6) is 0 Å². The molecule has 0 aromatic heterocycles. The summed E-state index contributed by atoms with van der Waals surface area (Å²) in [6, 6.07) is 27.0. The molecule has 0 bridgehead atoms. The molecule has 0 saturated carbocycles. The summed E-state index contributed by atoms with van der Waals surface area (Å²) in [5.74, 6) is -0.720. The van der Waals surface area contributed by atoms with E-state index in [1.165, 1.54) is 17.0 Å². The number of nitrogens with zero attached hydrogens (tertiary/aromatic N) is 2.